The standard InChI is InChI=1S/C51H40BOP/c1-51(2)49-34-38(23-22-37-24-30-46(31-25-37)54(53,44-18-8-4-9-19-44)45-20-10-5-11-21-45)26-32-47(49)48-33-29-43(36-50(48)51)52(41-16-6-3-7-17-41)42-28-27-39-14-12-13-15-40(39)35-42/h3-36H,1-2H3/b23-22+. The van der Waals surface area contributed by atoms with Crippen molar-refractivity contribution in [3.8, 4) is 11.1 Å². The average Bonchev–Trinajstić information content (AvgIpc) is 3.45. The highest BCUT2D eigenvalue weighted by atomic mass is 31.2. The van der Waals surface area contributed by atoms with Gasteiger partial charge in [0, 0.05) is 21.3 Å². The molecule has 0 spiro atoms. The molecule has 9 rings (SSSR count). The van der Waals surface area contributed by atoms with Crippen molar-refractivity contribution in [3.63, 3.8) is 0 Å². The van der Waals surface area contributed by atoms with Gasteiger partial charge in [-0.15, -0.1) is 0 Å². The lowest BCUT2D eigenvalue weighted by molar-refractivity contribution is 0.592. The summed E-state index contributed by atoms with van der Waals surface area (Å²) in [6, 6.07) is 68.4. The fourth-order valence-corrected chi connectivity index (χ4v) is 11.0. The number of fused-ring (bicyclic) bond motifs is 4. The van der Waals surface area contributed by atoms with Crippen LogP contribution in [-0.4, -0.2) is 6.71 Å². The van der Waals surface area contributed by atoms with E-state index in [1.54, 1.807) is 0 Å². The molecule has 0 unspecified atom stereocenters. The quantitative estimate of drug-likeness (QED) is 0.0873. The van der Waals surface area contributed by atoms with Gasteiger partial charge in [0.1, 0.15) is 0 Å². The SMILES string of the molecule is CC1(C)c2cc(/C=C/c3ccc(P(=O)(c4ccccc4)c4ccccc4)cc3)ccc2-c2ccc(B(c3ccccc3)c3ccc4ccccc4c3)cc21. The van der Waals surface area contributed by atoms with E-state index in [1.165, 1.54) is 49.4 Å². The summed E-state index contributed by atoms with van der Waals surface area (Å²) in [5.41, 5.74) is 11.3. The van der Waals surface area contributed by atoms with Crippen molar-refractivity contribution in [2.24, 2.45) is 0 Å². The molecule has 0 fully saturated rings. The normalized spacial score (nSPS) is 13.1. The first-order valence-electron chi connectivity index (χ1n) is 18.7. The molecular weight excluding hydrogens is 670 g/mol. The van der Waals surface area contributed by atoms with Crippen LogP contribution in [0.3, 0.4) is 0 Å². The minimum atomic E-state index is -3.01. The summed E-state index contributed by atoms with van der Waals surface area (Å²) in [5, 5.41) is 5.05. The molecule has 0 amide bonds. The monoisotopic (exact) mass is 710 g/mol. The smallest absolute Gasteiger partial charge is 0.241 e. The van der Waals surface area contributed by atoms with Crippen LogP contribution in [0.2, 0.25) is 0 Å². The van der Waals surface area contributed by atoms with Gasteiger partial charge in [-0.3, -0.25) is 0 Å². The fraction of sp³-hybridized carbons (Fsp3) is 0.0588. The zero-order chi connectivity index (χ0) is 36.7. The van der Waals surface area contributed by atoms with Gasteiger partial charge in [-0.05, 0) is 44.2 Å². The van der Waals surface area contributed by atoms with Crippen LogP contribution in [-0.2, 0) is 9.98 Å². The summed E-state index contributed by atoms with van der Waals surface area (Å²) >= 11 is 0. The lowest BCUT2D eigenvalue weighted by Gasteiger charge is -2.24. The van der Waals surface area contributed by atoms with E-state index in [0.29, 0.717) is 0 Å². The Morgan fingerprint density at radius 2 is 0.907 bits per heavy atom. The summed E-state index contributed by atoms with van der Waals surface area (Å²) in [5.74, 6) is 0. The Hall–Kier alpha value is -5.95. The Labute approximate surface area is 319 Å². The van der Waals surface area contributed by atoms with Crippen LogP contribution in [0.1, 0.15) is 36.1 Å². The molecule has 0 radical (unpaired) electrons. The molecule has 3 heteroatoms. The Kier molecular flexibility index (Phi) is 8.65. The van der Waals surface area contributed by atoms with Gasteiger partial charge >= 0.3 is 0 Å². The van der Waals surface area contributed by atoms with E-state index in [2.05, 4.69) is 147 Å². The van der Waals surface area contributed by atoms with Crippen LogP contribution in [0.5, 0.6) is 0 Å². The van der Waals surface area contributed by atoms with Gasteiger partial charge in [0.25, 0.3) is 0 Å². The van der Waals surface area contributed by atoms with Crippen LogP contribution in [0, 0.1) is 0 Å². The Morgan fingerprint density at radius 3 is 1.57 bits per heavy atom. The maximum Gasteiger partial charge on any atom is 0.241 e. The van der Waals surface area contributed by atoms with E-state index in [0.717, 1.165) is 27.0 Å². The van der Waals surface area contributed by atoms with Crippen molar-refractivity contribution in [2.45, 2.75) is 19.3 Å². The van der Waals surface area contributed by atoms with Gasteiger partial charge in [0.2, 0.25) is 6.71 Å². The first-order valence-corrected chi connectivity index (χ1v) is 20.4. The molecule has 0 aromatic heterocycles. The van der Waals surface area contributed by atoms with Gasteiger partial charge in [-0.1, -0.05) is 237 Å². The van der Waals surface area contributed by atoms with Crippen molar-refractivity contribution in [3.05, 3.63) is 216 Å². The Bertz CT molecular complexity index is 2660. The number of benzene rings is 8. The molecule has 8 aromatic carbocycles. The second kappa shape index (κ2) is 13.8. The fourth-order valence-electron chi connectivity index (χ4n) is 8.38. The van der Waals surface area contributed by atoms with E-state index in [1.807, 2.05) is 72.8 Å². The molecule has 8 aromatic rings. The Balaban J connectivity index is 1.02. The highest BCUT2D eigenvalue weighted by Crippen LogP contribution is 2.48. The lowest BCUT2D eigenvalue weighted by atomic mass is 9.36. The maximum absolute atomic E-state index is 14.8. The second-order valence-electron chi connectivity index (χ2n) is 14.9. The average molecular weight is 711 g/mol. The molecule has 54 heavy (non-hydrogen) atoms. The van der Waals surface area contributed by atoms with Crippen LogP contribution in [0.25, 0.3) is 34.1 Å². The molecule has 0 heterocycles. The zero-order valence-electron chi connectivity index (χ0n) is 30.6. The minimum absolute atomic E-state index is 0.125. The third-order valence-electron chi connectivity index (χ3n) is 11.3. The van der Waals surface area contributed by atoms with E-state index in [-0.39, 0.29) is 12.1 Å². The van der Waals surface area contributed by atoms with Crippen molar-refractivity contribution in [1.29, 1.82) is 0 Å². The summed E-state index contributed by atoms with van der Waals surface area (Å²) in [6.45, 7) is 4.85. The highest BCUT2D eigenvalue weighted by molar-refractivity contribution is 7.85. The van der Waals surface area contributed by atoms with Crippen molar-refractivity contribution in [1.82, 2.24) is 0 Å². The van der Waals surface area contributed by atoms with Gasteiger partial charge in [0.15, 0.2) is 7.14 Å². The summed E-state index contributed by atoms with van der Waals surface area (Å²) in [7, 11) is -3.01. The molecule has 1 nitrogen and oxygen atoms in total. The maximum atomic E-state index is 14.8. The molecule has 1 aliphatic rings. The van der Waals surface area contributed by atoms with Crippen molar-refractivity contribution >= 4 is 69.1 Å². The summed E-state index contributed by atoms with van der Waals surface area (Å²) < 4.78 is 14.8. The van der Waals surface area contributed by atoms with Crippen LogP contribution in [0.4, 0.5) is 0 Å². The first kappa shape index (κ1) is 33.9. The van der Waals surface area contributed by atoms with Crippen LogP contribution < -0.4 is 32.3 Å². The predicted octanol–water partition coefficient (Wildman–Crippen LogP) is 9.47. The van der Waals surface area contributed by atoms with Crippen LogP contribution >= 0.6 is 7.14 Å². The predicted molar refractivity (Wildman–Crippen MR) is 234 cm³/mol. The summed E-state index contributed by atoms with van der Waals surface area (Å²) in [4.78, 5) is 0. The minimum Gasteiger partial charge on any atom is -0.309 e. The molecular formula is C51H40BOP. The van der Waals surface area contributed by atoms with E-state index in [9.17, 15) is 4.57 Å². The number of hydrogen-bond donors (Lipinski definition) is 0. The van der Waals surface area contributed by atoms with Crippen molar-refractivity contribution in [2.75, 3.05) is 0 Å². The molecule has 1 aliphatic carbocycles. The second-order valence-corrected chi connectivity index (χ2v) is 17.7. The number of hydrogen-bond acceptors (Lipinski definition) is 1. The third kappa shape index (κ3) is 5.98. The molecule has 0 bridgehead atoms. The van der Waals surface area contributed by atoms with Gasteiger partial charge in [0.05, 0.1) is 0 Å². The molecule has 0 saturated heterocycles. The molecule has 0 saturated carbocycles. The molecule has 258 valence electrons. The van der Waals surface area contributed by atoms with E-state index in [4.69, 9.17) is 0 Å². The highest BCUT2D eigenvalue weighted by Gasteiger charge is 2.37. The molecule has 0 N–H and O–H groups in total. The van der Waals surface area contributed by atoms with E-state index < -0.39 is 7.14 Å². The summed E-state index contributed by atoms with van der Waals surface area (Å²) in [6.07, 6.45) is 4.35. The zero-order valence-corrected chi connectivity index (χ0v) is 31.5. The van der Waals surface area contributed by atoms with Gasteiger partial charge in [-0.2, -0.15) is 0 Å². The Morgan fingerprint density at radius 1 is 0.426 bits per heavy atom. The lowest BCUT2D eigenvalue weighted by Crippen LogP contribution is -2.52. The van der Waals surface area contributed by atoms with E-state index >= 15 is 0 Å². The van der Waals surface area contributed by atoms with Gasteiger partial charge < -0.3 is 4.57 Å². The number of rotatable bonds is 8. The van der Waals surface area contributed by atoms with Crippen molar-refractivity contribution < 1.29 is 4.57 Å². The topological polar surface area (TPSA) is 17.1 Å². The largest absolute Gasteiger partial charge is 0.309 e. The van der Waals surface area contributed by atoms with Gasteiger partial charge in [-0.25, -0.2) is 0 Å². The molecule has 0 aliphatic heterocycles. The van der Waals surface area contributed by atoms with Crippen LogP contribution in [0.15, 0.2) is 194 Å². The third-order valence-corrected chi connectivity index (χ3v) is 14.3. The first-order chi connectivity index (χ1) is 26.4. The molecule has 0 atom stereocenters.